The molecule has 56 heavy (non-hydrogen) atoms. The lowest BCUT2D eigenvalue weighted by molar-refractivity contribution is 0.695. The van der Waals surface area contributed by atoms with Gasteiger partial charge in [0, 0.05) is 33.9 Å². The van der Waals surface area contributed by atoms with Crippen LogP contribution < -0.4 is 5.32 Å². The Morgan fingerprint density at radius 1 is 0.464 bits per heavy atom. The van der Waals surface area contributed by atoms with Gasteiger partial charge in [-0.2, -0.15) is 0 Å². The van der Waals surface area contributed by atoms with Crippen LogP contribution in [0.15, 0.2) is 217 Å². The molecule has 1 aliphatic heterocycles. The summed E-state index contributed by atoms with van der Waals surface area (Å²) in [5.74, 6) is 2.17. The molecule has 2 heterocycles. The molecule has 0 saturated carbocycles. The van der Waals surface area contributed by atoms with Crippen LogP contribution in [-0.2, 0) is 0 Å². The van der Waals surface area contributed by atoms with Gasteiger partial charge in [0.25, 0.3) is 0 Å². The monoisotopic (exact) mass is 718 g/mol. The highest BCUT2D eigenvalue weighted by atomic mass is 15.0. The van der Waals surface area contributed by atoms with Gasteiger partial charge in [-0.05, 0) is 69.2 Å². The first-order valence-corrected chi connectivity index (χ1v) is 19.3. The van der Waals surface area contributed by atoms with Crippen molar-refractivity contribution in [2.24, 2.45) is 5.92 Å². The lowest BCUT2D eigenvalue weighted by Gasteiger charge is -2.38. The summed E-state index contributed by atoms with van der Waals surface area (Å²) in [7, 11) is 0. The normalized spacial score (nSPS) is 17.2. The van der Waals surface area contributed by atoms with Gasteiger partial charge in [-0.15, -0.1) is 0 Å². The van der Waals surface area contributed by atoms with E-state index >= 15 is 0 Å². The number of benzene rings is 6. The molecule has 7 aromatic rings. The Bertz CT molecular complexity index is 2710. The average molecular weight is 719 g/mol. The molecule has 0 amide bonds. The summed E-state index contributed by atoms with van der Waals surface area (Å²) in [6, 6.07) is 59.4. The minimum Gasteiger partial charge on any atom is -0.374 e. The second-order valence-corrected chi connectivity index (χ2v) is 14.4. The van der Waals surface area contributed by atoms with Crippen LogP contribution in [-0.4, -0.2) is 15.0 Å². The van der Waals surface area contributed by atoms with E-state index < -0.39 is 0 Å². The molecule has 2 unspecified atom stereocenters. The zero-order chi connectivity index (χ0) is 37.3. The van der Waals surface area contributed by atoms with Crippen LogP contribution in [0.1, 0.15) is 29.2 Å². The second kappa shape index (κ2) is 14.6. The maximum Gasteiger partial charge on any atom is 0.164 e. The molecule has 0 bridgehead atoms. The van der Waals surface area contributed by atoms with Gasteiger partial charge in [0.15, 0.2) is 17.5 Å². The number of hydrogen-bond acceptors (Lipinski definition) is 4. The highest BCUT2D eigenvalue weighted by molar-refractivity contribution is 5.92. The van der Waals surface area contributed by atoms with Crippen molar-refractivity contribution in [2.45, 2.75) is 12.5 Å². The van der Waals surface area contributed by atoms with Crippen LogP contribution >= 0.6 is 0 Å². The van der Waals surface area contributed by atoms with Crippen LogP contribution in [0.2, 0.25) is 0 Å². The quantitative estimate of drug-likeness (QED) is 0.178. The molecule has 3 aliphatic rings. The van der Waals surface area contributed by atoms with Crippen molar-refractivity contribution in [1.29, 1.82) is 0 Å². The first-order valence-electron chi connectivity index (χ1n) is 19.3. The number of aromatic nitrogens is 3. The third-order valence-corrected chi connectivity index (χ3v) is 10.9. The van der Waals surface area contributed by atoms with Crippen molar-refractivity contribution in [3.8, 4) is 45.3 Å². The lowest BCUT2D eigenvalue weighted by Crippen LogP contribution is -2.29. The molecule has 2 aliphatic carbocycles. The predicted molar refractivity (Wildman–Crippen MR) is 229 cm³/mol. The molecule has 0 fully saturated rings. The Labute approximate surface area is 327 Å². The van der Waals surface area contributed by atoms with E-state index in [1.165, 1.54) is 39.0 Å². The van der Waals surface area contributed by atoms with E-state index in [4.69, 9.17) is 15.0 Å². The second-order valence-electron chi connectivity index (χ2n) is 14.4. The average Bonchev–Trinajstić information content (AvgIpc) is 3.29. The molecule has 1 N–H and O–H groups in total. The van der Waals surface area contributed by atoms with Gasteiger partial charge in [0.05, 0.1) is 6.04 Å². The van der Waals surface area contributed by atoms with Gasteiger partial charge < -0.3 is 5.32 Å². The highest BCUT2D eigenvalue weighted by Crippen LogP contribution is 2.49. The van der Waals surface area contributed by atoms with Gasteiger partial charge in [-0.1, -0.05) is 182 Å². The molecule has 1 aromatic heterocycles. The summed E-state index contributed by atoms with van der Waals surface area (Å²) in [6.07, 6.45) is 12.6. The summed E-state index contributed by atoms with van der Waals surface area (Å²) in [6.45, 7) is 0. The predicted octanol–water partition coefficient (Wildman–Crippen LogP) is 12.1. The van der Waals surface area contributed by atoms with Crippen molar-refractivity contribution < 1.29 is 0 Å². The van der Waals surface area contributed by atoms with E-state index in [-0.39, 0.29) is 12.0 Å². The Kier molecular flexibility index (Phi) is 8.69. The number of rotatable bonds is 7. The van der Waals surface area contributed by atoms with Crippen LogP contribution in [0.4, 0.5) is 0 Å². The summed E-state index contributed by atoms with van der Waals surface area (Å²) in [5.41, 5.74) is 15.2. The maximum absolute atomic E-state index is 5.09. The first kappa shape index (κ1) is 33.4. The van der Waals surface area contributed by atoms with Crippen LogP contribution in [0.25, 0.3) is 56.4 Å². The SMILES string of the molecule is C1=CCC2C(=C1)C1=C(C=C2c2ccc(-c3nc(-c4ccccc4)nc(-c4cccc(-c5ccccc5)c4)n3)cc2)NC(c2ccccc2)C=C1c1ccccc1. The zero-order valence-electron chi connectivity index (χ0n) is 30.8. The molecular formula is C52H38N4. The van der Waals surface area contributed by atoms with Crippen LogP contribution in [0.5, 0.6) is 0 Å². The van der Waals surface area contributed by atoms with Gasteiger partial charge >= 0.3 is 0 Å². The van der Waals surface area contributed by atoms with E-state index in [1.807, 2.05) is 24.3 Å². The number of allylic oxidation sites excluding steroid dienone is 8. The maximum atomic E-state index is 5.09. The van der Waals surface area contributed by atoms with Crippen molar-refractivity contribution in [1.82, 2.24) is 20.3 Å². The van der Waals surface area contributed by atoms with E-state index in [9.17, 15) is 0 Å². The molecule has 4 heteroatoms. The fourth-order valence-corrected chi connectivity index (χ4v) is 8.15. The molecule has 10 rings (SSSR count). The molecule has 4 nitrogen and oxygen atoms in total. The van der Waals surface area contributed by atoms with Gasteiger partial charge in [0.1, 0.15) is 0 Å². The smallest absolute Gasteiger partial charge is 0.164 e. The van der Waals surface area contributed by atoms with Crippen molar-refractivity contribution >= 4 is 11.1 Å². The van der Waals surface area contributed by atoms with E-state index in [0.717, 1.165) is 39.9 Å². The summed E-state index contributed by atoms with van der Waals surface area (Å²) in [4.78, 5) is 15.1. The third kappa shape index (κ3) is 6.41. The van der Waals surface area contributed by atoms with E-state index in [1.54, 1.807) is 0 Å². The van der Waals surface area contributed by atoms with Gasteiger partial charge in [-0.25, -0.2) is 15.0 Å². The zero-order valence-corrected chi connectivity index (χ0v) is 30.8. The Hall–Kier alpha value is -7.17. The van der Waals surface area contributed by atoms with Gasteiger partial charge in [0.2, 0.25) is 0 Å². The van der Waals surface area contributed by atoms with E-state index in [2.05, 4.69) is 181 Å². The molecule has 6 aromatic carbocycles. The Morgan fingerprint density at radius 3 is 1.68 bits per heavy atom. The molecular weight excluding hydrogens is 681 g/mol. The lowest BCUT2D eigenvalue weighted by atomic mass is 9.70. The Balaban J connectivity index is 1.05. The number of fused-ring (bicyclic) bond motifs is 2. The van der Waals surface area contributed by atoms with Crippen molar-refractivity contribution in [3.05, 3.63) is 234 Å². The summed E-state index contributed by atoms with van der Waals surface area (Å²) >= 11 is 0. The molecule has 266 valence electrons. The summed E-state index contributed by atoms with van der Waals surface area (Å²) in [5, 5.41) is 3.93. The van der Waals surface area contributed by atoms with Crippen molar-refractivity contribution in [2.75, 3.05) is 0 Å². The molecule has 2 atom stereocenters. The van der Waals surface area contributed by atoms with E-state index in [0.29, 0.717) is 17.5 Å². The number of dihydropyridines is 1. The molecule has 0 radical (unpaired) electrons. The minimum absolute atomic E-state index is 0.0477. The summed E-state index contributed by atoms with van der Waals surface area (Å²) < 4.78 is 0. The Morgan fingerprint density at radius 2 is 1.00 bits per heavy atom. The fraction of sp³-hybridized carbons (Fsp3) is 0.0577. The largest absolute Gasteiger partial charge is 0.374 e. The number of nitrogens with zero attached hydrogens (tertiary/aromatic N) is 3. The highest BCUT2D eigenvalue weighted by Gasteiger charge is 2.34. The van der Waals surface area contributed by atoms with Gasteiger partial charge in [-0.3, -0.25) is 0 Å². The third-order valence-electron chi connectivity index (χ3n) is 10.9. The number of hydrogen-bond donors (Lipinski definition) is 1. The van der Waals surface area contributed by atoms with Crippen LogP contribution in [0.3, 0.4) is 0 Å². The minimum atomic E-state index is 0.0477. The van der Waals surface area contributed by atoms with Crippen molar-refractivity contribution in [3.63, 3.8) is 0 Å². The molecule has 0 spiro atoms. The number of nitrogens with one attached hydrogen (secondary N) is 1. The topological polar surface area (TPSA) is 50.7 Å². The first-order chi connectivity index (χ1) is 27.7. The molecule has 0 saturated heterocycles. The fourth-order valence-electron chi connectivity index (χ4n) is 8.15. The van der Waals surface area contributed by atoms with Crippen LogP contribution in [0, 0.1) is 5.92 Å². The standard InChI is InChI=1S/C52H38N4/c1-5-16-35(17-6-1)41-24-15-25-42(32-41)52-55-50(39-22-11-4-12-23-39)54-51(56-52)40-30-28-37(29-31-40)45-33-48-49(44-27-14-13-26-43(44)45)46(36-18-7-2-8-19-36)34-47(53-48)38-20-9-3-10-21-38/h1-25,27-34,43,47,53H,26H2.